The molecule has 1 aromatic heterocycles. The van der Waals surface area contributed by atoms with Gasteiger partial charge in [0.2, 0.25) is 0 Å². The summed E-state index contributed by atoms with van der Waals surface area (Å²) in [5, 5.41) is 12.7. The summed E-state index contributed by atoms with van der Waals surface area (Å²) in [6.07, 6.45) is 1.57. The maximum Gasteiger partial charge on any atom is 0.356 e. The first kappa shape index (κ1) is 16.5. The molecule has 8 heteroatoms. The Kier molecular flexibility index (Phi) is 5.24. The number of nitrogens with one attached hydrogen (secondary N) is 1. The van der Waals surface area contributed by atoms with Gasteiger partial charge in [0.15, 0.2) is 10.8 Å². The molecule has 0 bridgehead atoms. The normalized spacial score (nSPS) is 10.9. The van der Waals surface area contributed by atoms with E-state index in [1.807, 2.05) is 31.2 Å². The summed E-state index contributed by atoms with van der Waals surface area (Å²) in [7, 11) is 0. The van der Waals surface area contributed by atoms with Gasteiger partial charge in [-0.1, -0.05) is 59.1 Å². The second-order valence-electron chi connectivity index (χ2n) is 4.29. The van der Waals surface area contributed by atoms with Crippen molar-refractivity contribution in [2.45, 2.75) is 6.92 Å². The van der Waals surface area contributed by atoms with Crippen LogP contribution in [0.3, 0.4) is 0 Å². The minimum absolute atomic E-state index is 0.00130. The van der Waals surface area contributed by atoms with Crippen molar-refractivity contribution in [1.82, 2.24) is 4.98 Å². The largest absolute Gasteiger partial charge is 0.476 e. The lowest BCUT2D eigenvalue weighted by atomic mass is 10.1. The molecular weight excluding hydrogens is 349 g/mol. The number of rotatable bonds is 4. The molecule has 0 aliphatic rings. The molecule has 0 spiro atoms. The van der Waals surface area contributed by atoms with Crippen molar-refractivity contribution < 1.29 is 9.90 Å². The number of pyridine rings is 1. The molecule has 1 heterocycles. The molecule has 114 valence electrons. The summed E-state index contributed by atoms with van der Waals surface area (Å²) in [6, 6.07) is 7.61. The van der Waals surface area contributed by atoms with Crippen LogP contribution in [0, 0.1) is 6.92 Å². The molecule has 0 aliphatic heterocycles. The Labute approximate surface area is 141 Å². The zero-order chi connectivity index (χ0) is 16.3. The molecule has 0 saturated carbocycles. The molecule has 22 heavy (non-hydrogen) atoms. The van der Waals surface area contributed by atoms with Crippen LogP contribution in [0.15, 0.2) is 29.4 Å². The van der Waals surface area contributed by atoms with E-state index < -0.39 is 11.7 Å². The number of hydrogen-bond acceptors (Lipinski definition) is 4. The van der Waals surface area contributed by atoms with Gasteiger partial charge in [0.1, 0.15) is 10.0 Å². The van der Waals surface area contributed by atoms with Crippen molar-refractivity contribution in [3.05, 3.63) is 56.3 Å². The highest BCUT2D eigenvalue weighted by Crippen LogP contribution is 2.36. The van der Waals surface area contributed by atoms with E-state index in [4.69, 9.17) is 39.9 Å². The smallest absolute Gasteiger partial charge is 0.356 e. The second-order valence-corrected chi connectivity index (χ2v) is 5.40. The van der Waals surface area contributed by atoms with Crippen molar-refractivity contribution in [3.8, 4) is 0 Å². The van der Waals surface area contributed by atoms with Crippen LogP contribution < -0.4 is 5.43 Å². The monoisotopic (exact) mass is 357 g/mol. The van der Waals surface area contributed by atoms with Crippen molar-refractivity contribution >= 4 is 52.7 Å². The number of carboxylic acids is 1. The van der Waals surface area contributed by atoms with Gasteiger partial charge in [0.25, 0.3) is 0 Å². The fourth-order valence-electron chi connectivity index (χ4n) is 1.65. The summed E-state index contributed by atoms with van der Waals surface area (Å²) >= 11 is 17.8. The highest BCUT2D eigenvalue weighted by Gasteiger charge is 2.20. The topological polar surface area (TPSA) is 74.6 Å². The number of hydrazone groups is 1. The van der Waals surface area contributed by atoms with Gasteiger partial charge in [-0.2, -0.15) is 5.10 Å². The van der Waals surface area contributed by atoms with Gasteiger partial charge in [0, 0.05) is 0 Å². The number of carboxylic acid groups (broad SMARTS) is 1. The number of aryl methyl sites for hydroxylation is 1. The number of benzene rings is 1. The van der Waals surface area contributed by atoms with Crippen molar-refractivity contribution in [2.75, 3.05) is 5.43 Å². The first-order valence-electron chi connectivity index (χ1n) is 6.04. The molecule has 1 aromatic carbocycles. The molecule has 0 amide bonds. The average Bonchev–Trinajstić information content (AvgIpc) is 2.48. The number of aromatic carboxylic acids is 1. The minimum atomic E-state index is -1.31. The van der Waals surface area contributed by atoms with E-state index in [2.05, 4.69) is 15.5 Å². The summed E-state index contributed by atoms with van der Waals surface area (Å²) in [5.74, 6) is -1.31. The highest BCUT2D eigenvalue weighted by atomic mass is 35.5. The van der Waals surface area contributed by atoms with Gasteiger partial charge >= 0.3 is 5.97 Å². The van der Waals surface area contributed by atoms with E-state index in [9.17, 15) is 4.79 Å². The van der Waals surface area contributed by atoms with Crippen LogP contribution in [0.1, 0.15) is 21.6 Å². The number of carbonyl (C=O) groups is 1. The molecular formula is C14H10Cl3N3O2. The van der Waals surface area contributed by atoms with Gasteiger partial charge in [-0.15, -0.1) is 0 Å². The predicted molar refractivity (Wildman–Crippen MR) is 88.6 cm³/mol. The summed E-state index contributed by atoms with van der Waals surface area (Å²) in [6.45, 7) is 1.94. The third-order valence-corrected chi connectivity index (χ3v) is 3.92. The Morgan fingerprint density at radius 3 is 2.59 bits per heavy atom. The highest BCUT2D eigenvalue weighted by molar-refractivity contribution is 6.46. The van der Waals surface area contributed by atoms with Crippen LogP contribution in [-0.2, 0) is 0 Å². The molecule has 2 rings (SSSR count). The average molecular weight is 359 g/mol. The van der Waals surface area contributed by atoms with Gasteiger partial charge < -0.3 is 5.11 Å². The fourth-order valence-corrected chi connectivity index (χ4v) is 2.32. The Morgan fingerprint density at radius 2 is 1.95 bits per heavy atom. The molecule has 2 N–H and O–H groups in total. The van der Waals surface area contributed by atoms with Crippen molar-refractivity contribution in [1.29, 1.82) is 0 Å². The summed E-state index contributed by atoms with van der Waals surface area (Å²) < 4.78 is 0. The molecule has 0 atom stereocenters. The summed E-state index contributed by atoms with van der Waals surface area (Å²) in [5.41, 5.74) is 4.22. The van der Waals surface area contributed by atoms with Crippen LogP contribution in [0.2, 0.25) is 15.2 Å². The van der Waals surface area contributed by atoms with Crippen LogP contribution in [0.5, 0.6) is 0 Å². The lowest BCUT2D eigenvalue weighted by Crippen LogP contribution is -2.05. The summed E-state index contributed by atoms with van der Waals surface area (Å²) in [4.78, 5) is 14.7. The van der Waals surface area contributed by atoms with Crippen molar-refractivity contribution in [2.24, 2.45) is 5.10 Å². The molecule has 0 radical (unpaired) electrons. The maximum absolute atomic E-state index is 11.1. The number of hydrogen-bond donors (Lipinski definition) is 2. The van der Waals surface area contributed by atoms with Crippen LogP contribution in [0.4, 0.5) is 5.69 Å². The standard InChI is InChI=1S/C14H10Cl3N3O2/c1-7-4-2-3-5-8(7)6-18-20-11-9(15)12(14(21)22)19-13(17)10(11)16/h2-6H,1H3,(H,19,20)(H,21,22)/b18-6-. The van der Waals surface area contributed by atoms with Crippen LogP contribution in [-0.4, -0.2) is 22.3 Å². The van der Waals surface area contributed by atoms with E-state index in [1.54, 1.807) is 6.21 Å². The van der Waals surface area contributed by atoms with Gasteiger partial charge in [0.05, 0.1) is 11.9 Å². The molecule has 0 saturated heterocycles. The van der Waals surface area contributed by atoms with E-state index in [-0.39, 0.29) is 20.9 Å². The molecule has 0 aliphatic carbocycles. The van der Waals surface area contributed by atoms with Crippen molar-refractivity contribution in [3.63, 3.8) is 0 Å². The molecule has 2 aromatic rings. The molecule has 5 nitrogen and oxygen atoms in total. The van der Waals surface area contributed by atoms with Crippen LogP contribution >= 0.6 is 34.8 Å². The second kappa shape index (κ2) is 6.96. The predicted octanol–water partition coefficient (Wildman–Crippen LogP) is 4.49. The first-order valence-corrected chi connectivity index (χ1v) is 7.17. The Morgan fingerprint density at radius 1 is 1.27 bits per heavy atom. The van der Waals surface area contributed by atoms with E-state index in [0.717, 1.165) is 11.1 Å². The number of halogens is 3. The Balaban J connectivity index is 2.34. The Bertz CT molecular complexity index is 763. The van der Waals surface area contributed by atoms with Gasteiger partial charge in [-0.3, -0.25) is 5.43 Å². The van der Waals surface area contributed by atoms with Gasteiger partial charge in [-0.25, -0.2) is 9.78 Å². The maximum atomic E-state index is 11.1. The lowest BCUT2D eigenvalue weighted by molar-refractivity contribution is 0.0691. The third kappa shape index (κ3) is 3.50. The number of nitrogens with zero attached hydrogens (tertiary/aromatic N) is 2. The van der Waals surface area contributed by atoms with Crippen LogP contribution in [0.25, 0.3) is 0 Å². The van der Waals surface area contributed by atoms with Gasteiger partial charge in [-0.05, 0) is 18.1 Å². The first-order chi connectivity index (χ1) is 10.4. The third-order valence-electron chi connectivity index (χ3n) is 2.81. The SMILES string of the molecule is Cc1ccccc1/C=N\Nc1c(Cl)c(Cl)nc(C(=O)O)c1Cl. The lowest BCUT2D eigenvalue weighted by Gasteiger charge is -2.09. The number of anilines is 1. The van der Waals surface area contributed by atoms with E-state index in [1.165, 1.54) is 0 Å². The minimum Gasteiger partial charge on any atom is -0.476 e. The molecule has 0 unspecified atom stereocenters. The van der Waals surface area contributed by atoms with E-state index >= 15 is 0 Å². The number of aromatic nitrogens is 1. The zero-order valence-corrected chi connectivity index (χ0v) is 13.5. The Hall–Kier alpha value is -1.82. The van der Waals surface area contributed by atoms with E-state index in [0.29, 0.717) is 0 Å². The fraction of sp³-hybridized carbons (Fsp3) is 0.0714. The quantitative estimate of drug-likeness (QED) is 0.479. The molecule has 0 fully saturated rings. The zero-order valence-electron chi connectivity index (χ0n) is 11.3.